The van der Waals surface area contributed by atoms with Gasteiger partial charge in [-0.05, 0) is 24.1 Å². The van der Waals surface area contributed by atoms with Gasteiger partial charge in [0.15, 0.2) is 5.78 Å². The van der Waals surface area contributed by atoms with Crippen LogP contribution < -0.4 is 5.56 Å². The van der Waals surface area contributed by atoms with Gasteiger partial charge in [-0.2, -0.15) is 0 Å². The number of aliphatic hydroxyl groups excluding tert-OH is 1. The van der Waals surface area contributed by atoms with Crippen molar-refractivity contribution in [2.45, 2.75) is 19.4 Å². The van der Waals surface area contributed by atoms with Gasteiger partial charge in [-0.15, -0.1) is 0 Å². The van der Waals surface area contributed by atoms with Crippen molar-refractivity contribution < 1.29 is 9.90 Å². The molecule has 0 aliphatic heterocycles. The number of aryl methyl sites for hydroxylation is 1. The van der Waals surface area contributed by atoms with Crippen molar-refractivity contribution in [1.82, 2.24) is 9.97 Å². The summed E-state index contributed by atoms with van der Waals surface area (Å²) in [5, 5.41) is 9.37. The Morgan fingerprint density at radius 1 is 1.29 bits per heavy atom. The molecule has 0 saturated heterocycles. The maximum absolute atomic E-state index is 11.7. The predicted molar refractivity (Wildman–Crippen MR) is 60.9 cm³/mol. The molecule has 0 radical (unpaired) electrons. The molecule has 0 spiro atoms. The van der Waals surface area contributed by atoms with Crippen molar-refractivity contribution in [3.63, 3.8) is 0 Å². The standard InChI is InChI=1S/C12H10N2O3/c15-5-11-13-9-3-6-1-2-10(16)7(6)4-8(9)12(17)14-11/h3-4,15H,1-2,5H2,(H,13,14,17). The highest BCUT2D eigenvalue weighted by Gasteiger charge is 2.21. The first-order valence-corrected chi connectivity index (χ1v) is 5.39. The largest absolute Gasteiger partial charge is 0.388 e. The first-order chi connectivity index (χ1) is 8.19. The number of nitrogens with one attached hydrogen (secondary N) is 1. The van der Waals surface area contributed by atoms with Crippen LogP contribution in [0.2, 0.25) is 0 Å². The molecule has 0 unspecified atom stereocenters. The van der Waals surface area contributed by atoms with Crippen LogP contribution in [0.3, 0.4) is 0 Å². The van der Waals surface area contributed by atoms with Gasteiger partial charge in [-0.25, -0.2) is 4.98 Å². The third-order valence-corrected chi connectivity index (χ3v) is 3.05. The average molecular weight is 230 g/mol. The number of Topliss-reactive ketones (excluding diaryl/α,β-unsaturated/α-hetero) is 1. The Bertz CT molecular complexity index is 688. The van der Waals surface area contributed by atoms with Crippen LogP contribution in [0.25, 0.3) is 10.9 Å². The van der Waals surface area contributed by atoms with Gasteiger partial charge in [0, 0.05) is 12.0 Å². The van der Waals surface area contributed by atoms with Crippen LogP contribution in [0, 0.1) is 0 Å². The summed E-state index contributed by atoms with van der Waals surface area (Å²) in [4.78, 5) is 29.9. The van der Waals surface area contributed by atoms with Gasteiger partial charge >= 0.3 is 0 Å². The second-order valence-corrected chi connectivity index (χ2v) is 4.12. The Kier molecular flexibility index (Phi) is 2.09. The number of H-pyrrole nitrogens is 1. The minimum atomic E-state index is -0.318. The van der Waals surface area contributed by atoms with E-state index < -0.39 is 0 Å². The fraction of sp³-hybridized carbons (Fsp3) is 0.250. The molecule has 0 atom stereocenters. The van der Waals surface area contributed by atoms with E-state index in [-0.39, 0.29) is 23.8 Å². The van der Waals surface area contributed by atoms with Crippen molar-refractivity contribution in [1.29, 1.82) is 0 Å². The highest BCUT2D eigenvalue weighted by atomic mass is 16.3. The van der Waals surface area contributed by atoms with Gasteiger partial charge in [0.05, 0.1) is 10.9 Å². The summed E-state index contributed by atoms with van der Waals surface area (Å²) >= 11 is 0. The van der Waals surface area contributed by atoms with Crippen molar-refractivity contribution in [2.24, 2.45) is 0 Å². The highest BCUT2D eigenvalue weighted by Crippen LogP contribution is 2.25. The van der Waals surface area contributed by atoms with Crippen LogP contribution in [0.4, 0.5) is 0 Å². The summed E-state index contributed by atoms with van der Waals surface area (Å²) in [6.45, 7) is -0.304. The molecule has 0 bridgehead atoms. The minimum absolute atomic E-state index is 0.0764. The number of ketones is 1. The maximum atomic E-state index is 11.7. The van der Waals surface area contributed by atoms with E-state index >= 15 is 0 Å². The summed E-state index contributed by atoms with van der Waals surface area (Å²) in [6.07, 6.45) is 1.20. The molecule has 0 saturated carbocycles. The SMILES string of the molecule is O=C1CCc2cc3nc(CO)[nH]c(=O)c3cc21. The van der Waals surface area contributed by atoms with E-state index in [0.29, 0.717) is 29.3 Å². The molecule has 17 heavy (non-hydrogen) atoms. The second kappa shape index (κ2) is 3.49. The van der Waals surface area contributed by atoms with E-state index in [1.54, 1.807) is 12.1 Å². The number of hydrogen-bond acceptors (Lipinski definition) is 4. The summed E-state index contributed by atoms with van der Waals surface area (Å²) in [7, 11) is 0. The van der Waals surface area contributed by atoms with E-state index in [2.05, 4.69) is 9.97 Å². The first kappa shape index (κ1) is 10.2. The lowest BCUT2D eigenvalue weighted by atomic mass is 10.1. The molecule has 0 fully saturated rings. The normalized spacial score (nSPS) is 14.3. The molecule has 1 aliphatic carbocycles. The maximum Gasteiger partial charge on any atom is 0.258 e. The Morgan fingerprint density at radius 2 is 2.12 bits per heavy atom. The average Bonchev–Trinajstić information content (AvgIpc) is 2.68. The molecule has 5 nitrogen and oxygen atoms in total. The lowest BCUT2D eigenvalue weighted by molar-refractivity contribution is 0.0994. The molecule has 1 aromatic heterocycles. The number of carbonyl (C=O) groups excluding carboxylic acids is 1. The Balaban J connectivity index is 2.37. The summed E-state index contributed by atoms with van der Waals surface area (Å²) in [6, 6.07) is 3.37. The lowest BCUT2D eigenvalue weighted by Gasteiger charge is -2.03. The Labute approximate surface area is 96.1 Å². The molecular weight excluding hydrogens is 220 g/mol. The third kappa shape index (κ3) is 1.47. The smallest absolute Gasteiger partial charge is 0.258 e. The van der Waals surface area contributed by atoms with Crippen molar-refractivity contribution in [3.8, 4) is 0 Å². The van der Waals surface area contributed by atoms with E-state index in [9.17, 15) is 9.59 Å². The Morgan fingerprint density at radius 3 is 2.88 bits per heavy atom. The summed E-state index contributed by atoms with van der Waals surface area (Å²) in [5.41, 5.74) is 1.78. The molecule has 1 aliphatic rings. The zero-order valence-corrected chi connectivity index (χ0v) is 8.99. The molecule has 0 amide bonds. The van der Waals surface area contributed by atoms with Crippen LogP contribution >= 0.6 is 0 Å². The van der Waals surface area contributed by atoms with Gasteiger partial charge in [0.2, 0.25) is 0 Å². The number of benzene rings is 1. The minimum Gasteiger partial charge on any atom is -0.388 e. The molecule has 2 aromatic rings. The zero-order valence-electron chi connectivity index (χ0n) is 8.99. The van der Waals surface area contributed by atoms with Crippen molar-refractivity contribution >= 4 is 16.7 Å². The number of nitrogens with zero attached hydrogens (tertiary/aromatic N) is 1. The molecule has 2 N–H and O–H groups in total. The zero-order chi connectivity index (χ0) is 12.0. The van der Waals surface area contributed by atoms with Gasteiger partial charge in [0.1, 0.15) is 12.4 Å². The van der Waals surface area contributed by atoms with Gasteiger partial charge in [0.25, 0.3) is 5.56 Å². The summed E-state index contributed by atoms with van der Waals surface area (Å²) < 4.78 is 0. The topological polar surface area (TPSA) is 83.0 Å². The van der Waals surface area contributed by atoms with E-state index in [1.165, 1.54) is 0 Å². The van der Waals surface area contributed by atoms with Crippen LogP contribution in [-0.2, 0) is 13.0 Å². The second-order valence-electron chi connectivity index (χ2n) is 4.12. The van der Waals surface area contributed by atoms with Gasteiger partial charge in [-0.3, -0.25) is 9.59 Å². The van der Waals surface area contributed by atoms with Crippen molar-refractivity contribution in [2.75, 3.05) is 0 Å². The molecular formula is C12H10N2O3. The van der Waals surface area contributed by atoms with Crippen molar-refractivity contribution in [3.05, 3.63) is 39.4 Å². The van der Waals surface area contributed by atoms with Crippen LogP contribution in [0.5, 0.6) is 0 Å². The fourth-order valence-corrected chi connectivity index (χ4v) is 2.20. The van der Waals surface area contributed by atoms with Gasteiger partial charge < -0.3 is 10.1 Å². The highest BCUT2D eigenvalue weighted by molar-refractivity contribution is 6.03. The van der Waals surface area contributed by atoms with Gasteiger partial charge in [-0.1, -0.05) is 0 Å². The molecule has 3 rings (SSSR count). The number of carbonyl (C=O) groups is 1. The monoisotopic (exact) mass is 230 g/mol. The molecule has 1 aromatic carbocycles. The number of aliphatic hydroxyl groups is 1. The molecule has 86 valence electrons. The third-order valence-electron chi connectivity index (χ3n) is 3.05. The number of aromatic amines is 1. The quantitative estimate of drug-likeness (QED) is 0.749. The lowest BCUT2D eigenvalue weighted by Crippen LogP contribution is -2.12. The number of rotatable bonds is 1. The van der Waals surface area contributed by atoms with Crippen LogP contribution in [0.15, 0.2) is 16.9 Å². The van der Waals surface area contributed by atoms with E-state index in [4.69, 9.17) is 5.11 Å². The number of hydrogen-bond donors (Lipinski definition) is 2. The number of aromatic nitrogens is 2. The first-order valence-electron chi connectivity index (χ1n) is 5.39. The van der Waals surface area contributed by atoms with E-state index in [1.807, 2.05) is 0 Å². The molecule has 5 heteroatoms. The fourth-order valence-electron chi connectivity index (χ4n) is 2.20. The summed E-state index contributed by atoms with van der Waals surface area (Å²) in [5.74, 6) is 0.319. The number of fused-ring (bicyclic) bond motifs is 2. The van der Waals surface area contributed by atoms with E-state index in [0.717, 1.165) is 5.56 Å². The molecule has 1 heterocycles. The predicted octanol–water partition coefficient (Wildman–Crippen LogP) is 0.544. The Hall–Kier alpha value is -2.01. The van der Waals surface area contributed by atoms with Crippen LogP contribution in [-0.4, -0.2) is 20.9 Å². The van der Waals surface area contributed by atoms with Crippen LogP contribution in [0.1, 0.15) is 28.2 Å².